The van der Waals surface area contributed by atoms with Gasteiger partial charge in [0.05, 0.1) is 19.1 Å². The molecule has 0 radical (unpaired) electrons. The first kappa shape index (κ1) is 17.1. The van der Waals surface area contributed by atoms with Crippen LogP contribution in [0.1, 0.15) is 53.4 Å². The van der Waals surface area contributed by atoms with Crippen LogP contribution in [0.15, 0.2) is 0 Å². The largest absolute Gasteiger partial charge is 0.465 e. The molecule has 1 saturated heterocycles. The van der Waals surface area contributed by atoms with Crippen LogP contribution >= 0.6 is 0 Å². The van der Waals surface area contributed by atoms with E-state index in [0.717, 1.165) is 6.29 Å². The number of carbonyl (C=O) groups excluding carboxylic acids is 2. The average molecular weight is 285 g/mol. The molecule has 0 aromatic heterocycles. The molecular weight excluding hydrogens is 258 g/mol. The zero-order chi connectivity index (χ0) is 15.4. The van der Waals surface area contributed by atoms with Crippen molar-refractivity contribution in [2.24, 2.45) is 0 Å². The third-order valence-corrected chi connectivity index (χ3v) is 3.97. The number of hydrogen-bond acceptors (Lipinski definition) is 5. The zero-order valence-corrected chi connectivity index (χ0v) is 13.0. The number of piperidine rings is 1. The lowest BCUT2D eigenvalue weighted by Crippen LogP contribution is -2.62. The van der Waals surface area contributed by atoms with Crippen molar-refractivity contribution in [3.63, 3.8) is 0 Å². The quantitative estimate of drug-likeness (QED) is 0.455. The molecule has 5 heteroatoms. The number of likely N-dealkylation sites (tertiary alicyclic amines) is 1. The molecule has 0 aliphatic carbocycles. The van der Waals surface area contributed by atoms with Crippen molar-refractivity contribution in [2.45, 2.75) is 70.6 Å². The molecule has 5 nitrogen and oxygen atoms in total. The minimum atomic E-state index is -0.296. The Morgan fingerprint density at radius 2 is 1.85 bits per heavy atom. The average Bonchev–Trinajstić information content (AvgIpc) is 2.25. The molecule has 1 fully saturated rings. The van der Waals surface area contributed by atoms with Crippen LogP contribution < -0.4 is 0 Å². The van der Waals surface area contributed by atoms with E-state index in [1.165, 1.54) is 0 Å². The highest BCUT2D eigenvalue weighted by Gasteiger charge is 2.44. The van der Waals surface area contributed by atoms with Crippen LogP contribution in [0.5, 0.6) is 0 Å². The van der Waals surface area contributed by atoms with E-state index in [-0.39, 0.29) is 36.2 Å². The standard InChI is InChI=1S/C15H27NO4/c1-14(2)10-12(18)11-15(3,4)16(14)7-6-13(19)20-9-5-8-17/h8,12,18H,5-7,9-11H2,1-4H3. The Morgan fingerprint density at radius 1 is 1.30 bits per heavy atom. The summed E-state index contributed by atoms with van der Waals surface area (Å²) in [6, 6.07) is 0. The highest BCUT2D eigenvalue weighted by Crippen LogP contribution is 2.38. The minimum absolute atomic E-state index is 0.149. The lowest BCUT2D eigenvalue weighted by molar-refractivity contribution is -0.146. The molecule has 0 spiro atoms. The van der Waals surface area contributed by atoms with E-state index in [9.17, 15) is 14.7 Å². The fraction of sp³-hybridized carbons (Fsp3) is 0.867. The highest BCUT2D eigenvalue weighted by atomic mass is 16.5. The van der Waals surface area contributed by atoms with E-state index in [1.54, 1.807) is 0 Å². The first-order chi connectivity index (χ1) is 9.19. The fourth-order valence-corrected chi connectivity index (χ4v) is 3.37. The molecule has 0 bridgehead atoms. The summed E-state index contributed by atoms with van der Waals surface area (Å²) in [6.07, 6.45) is 2.41. The zero-order valence-electron chi connectivity index (χ0n) is 13.0. The molecular formula is C15H27NO4. The summed E-state index contributed by atoms with van der Waals surface area (Å²) in [7, 11) is 0. The lowest BCUT2D eigenvalue weighted by Gasteiger charge is -2.54. The number of aldehydes is 1. The third kappa shape index (κ3) is 4.56. The SMILES string of the molecule is CC1(C)CC(O)CC(C)(C)N1CCC(=O)OCCC=O. The van der Waals surface area contributed by atoms with Gasteiger partial charge in [0.2, 0.25) is 0 Å². The van der Waals surface area contributed by atoms with Gasteiger partial charge < -0.3 is 14.6 Å². The number of esters is 1. The van der Waals surface area contributed by atoms with Crippen molar-refractivity contribution >= 4 is 12.3 Å². The van der Waals surface area contributed by atoms with Crippen LogP contribution in [-0.2, 0) is 14.3 Å². The summed E-state index contributed by atoms with van der Waals surface area (Å²) in [6.45, 7) is 9.13. The minimum Gasteiger partial charge on any atom is -0.465 e. The molecule has 0 atom stereocenters. The second kappa shape index (κ2) is 6.68. The van der Waals surface area contributed by atoms with Gasteiger partial charge in [-0.2, -0.15) is 0 Å². The second-order valence-corrected chi connectivity index (χ2v) is 6.76. The van der Waals surface area contributed by atoms with E-state index in [1.807, 2.05) is 0 Å². The smallest absolute Gasteiger partial charge is 0.307 e. The number of ether oxygens (including phenoxy) is 1. The van der Waals surface area contributed by atoms with Crippen LogP contribution in [0, 0.1) is 0 Å². The van der Waals surface area contributed by atoms with Crippen molar-refractivity contribution in [3.8, 4) is 0 Å². The summed E-state index contributed by atoms with van der Waals surface area (Å²) in [5, 5.41) is 9.97. The Morgan fingerprint density at radius 3 is 2.35 bits per heavy atom. The van der Waals surface area contributed by atoms with Gasteiger partial charge >= 0.3 is 5.97 Å². The van der Waals surface area contributed by atoms with Gasteiger partial charge in [0.1, 0.15) is 6.29 Å². The monoisotopic (exact) mass is 285 g/mol. The Hall–Kier alpha value is -0.940. The van der Waals surface area contributed by atoms with Crippen molar-refractivity contribution in [1.29, 1.82) is 0 Å². The molecule has 20 heavy (non-hydrogen) atoms. The Labute approximate surface area is 121 Å². The van der Waals surface area contributed by atoms with Gasteiger partial charge in [0, 0.05) is 24.0 Å². The predicted molar refractivity (Wildman–Crippen MR) is 76.4 cm³/mol. The van der Waals surface area contributed by atoms with Crippen LogP contribution in [0.4, 0.5) is 0 Å². The number of rotatable bonds is 6. The van der Waals surface area contributed by atoms with Crippen molar-refractivity contribution < 1.29 is 19.4 Å². The van der Waals surface area contributed by atoms with Crippen LogP contribution in [-0.4, -0.2) is 52.6 Å². The van der Waals surface area contributed by atoms with E-state index < -0.39 is 0 Å². The molecule has 0 aromatic rings. The van der Waals surface area contributed by atoms with Gasteiger partial charge in [-0.1, -0.05) is 0 Å². The van der Waals surface area contributed by atoms with Gasteiger partial charge in [-0.15, -0.1) is 0 Å². The molecule has 0 aromatic carbocycles. The Kier molecular flexibility index (Phi) is 5.71. The van der Waals surface area contributed by atoms with Crippen molar-refractivity contribution in [3.05, 3.63) is 0 Å². The van der Waals surface area contributed by atoms with Gasteiger partial charge in [-0.3, -0.25) is 9.69 Å². The van der Waals surface area contributed by atoms with Gasteiger partial charge in [0.25, 0.3) is 0 Å². The van der Waals surface area contributed by atoms with E-state index in [4.69, 9.17) is 4.74 Å². The summed E-state index contributed by atoms with van der Waals surface area (Å²) in [5.41, 5.74) is -0.297. The molecule has 1 heterocycles. The molecule has 1 N–H and O–H groups in total. The molecule has 1 aliphatic heterocycles. The Bertz CT molecular complexity index is 334. The van der Waals surface area contributed by atoms with Gasteiger partial charge in [-0.05, 0) is 40.5 Å². The van der Waals surface area contributed by atoms with E-state index in [2.05, 4.69) is 32.6 Å². The van der Waals surface area contributed by atoms with Gasteiger partial charge in [-0.25, -0.2) is 0 Å². The lowest BCUT2D eigenvalue weighted by atomic mass is 9.78. The Balaban J connectivity index is 2.55. The van der Waals surface area contributed by atoms with Crippen LogP contribution in [0.25, 0.3) is 0 Å². The molecule has 1 rings (SSSR count). The van der Waals surface area contributed by atoms with Crippen molar-refractivity contribution in [2.75, 3.05) is 13.2 Å². The summed E-state index contributed by atoms with van der Waals surface area (Å²) < 4.78 is 4.98. The maximum atomic E-state index is 11.6. The maximum absolute atomic E-state index is 11.6. The topological polar surface area (TPSA) is 66.8 Å². The third-order valence-electron chi connectivity index (χ3n) is 3.97. The second-order valence-electron chi connectivity index (χ2n) is 6.76. The number of aliphatic hydroxyl groups is 1. The normalized spacial score (nSPS) is 22.4. The fourth-order valence-electron chi connectivity index (χ4n) is 3.37. The van der Waals surface area contributed by atoms with Crippen LogP contribution in [0.3, 0.4) is 0 Å². The van der Waals surface area contributed by atoms with E-state index >= 15 is 0 Å². The maximum Gasteiger partial charge on any atom is 0.307 e. The first-order valence-electron chi connectivity index (χ1n) is 7.24. The summed E-state index contributed by atoms with van der Waals surface area (Å²) in [4.78, 5) is 24.1. The molecule has 1 aliphatic rings. The predicted octanol–water partition coefficient (Wildman–Crippen LogP) is 1.52. The number of hydrogen-bond donors (Lipinski definition) is 1. The molecule has 116 valence electrons. The number of nitrogens with zero attached hydrogens (tertiary/aromatic N) is 1. The number of aliphatic hydroxyl groups excluding tert-OH is 1. The molecule has 0 unspecified atom stereocenters. The van der Waals surface area contributed by atoms with Crippen LogP contribution in [0.2, 0.25) is 0 Å². The summed E-state index contributed by atoms with van der Waals surface area (Å²) in [5.74, 6) is -0.274. The molecule has 0 saturated carbocycles. The van der Waals surface area contributed by atoms with Crippen molar-refractivity contribution in [1.82, 2.24) is 4.90 Å². The summed E-state index contributed by atoms with van der Waals surface area (Å²) >= 11 is 0. The highest BCUT2D eigenvalue weighted by molar-refractivity contribution is 5.69. The number of carbonyl (C=O) groups is 2. The van der Waals surface area contributed by atoms with E-state index in [0.29, 0.717) is 25.8 Å². The van der Waals surface area contributed by atoms with Gasteiger partial charge in [0.15, 0.2) is 0 Å². The first-order valence-corrected chi connectivity index (χ1v) is 7.24. The molecule has 0 amide bonds.